The fourth-order valence-corrected chi connectivity index (χ4v) is 5.10. The highest BCUT2D eigenvalue weighted by Crippen LogP contribution is 2.38. The molecule has 0 saturated carbocycles. The number of hydrogen-bond acceptors (Lipinski definition) is 7. The normalized spacial score (nSPS) is 22.0. The van der Waals surface area contributed by atoms with Crippen LogP contribution in [-0.4, -0.2) is 51.9 Å². The van der Waals surface area contributed by atoms with Crippen LogP contribution in [0.3, 0.4) is 0 Å². The minimum Gasteiger partial charge on any atom is -0.365 e. The van der Waals surface area contributed by atoms with E-state index in [1.807, 2.05) is 12.3 Å². The number of anilines is 3. The first-order valence-corrected chi connectivity index (χ1v) is 10.5. The molecular weight excluding hydrogens is 395 g/mol. The molecule has 6 rings (SSSR count). The molecule has 2 bridgehead atoms. The molecule has 5 heterocycles. The number of rotatable bonds is 3. The highest BCUT2D eigenvalue weighted by Gasteiger charge is 2.44. The van der Waals surface area contributed by atoms with Crippen LogP contribution in [0.4, 0.5) is 21.8 Å². The van der Waals surface area contributed by atoms with E-state index in [9.17, 15) is 9.65 Å². The molecule has 0 aliphatic carbocycles. The lowest BCUT2D eigenvalue weighted by molar-refractivity contribution is 0.616. The smallest absolute Gasteiger partial charge is 0.227 e. The van der Waals surface area contributed by atoms with Gasteiger partial charge in [0.05, 0.1) is 18.4 Å². The SMILES string of the molecule is N#Cc1cnc(N2CCc3[nH]ncc3C2)nc1N1C[C@@H]2C[C@H]1CN2c1cccc(F)c1. The number of piperazine rings is 1. The lowest BCUT2D eigenvalue weighted by atomic mass is 10.1. The van der Waals surface area contributed by atoms with Crippen LogP contribution in [0, 0.1) is 17.1 Å². The Balaban J connectivity index is 1.26. The van der Waals surface area contributed by atoms with Crippen molar-refractivity contribution in [2.45, 2.75) is 31.5 Å². The van der Waals surface area contributed by atoms with E-state index in [1.165, 1.54) is 11.8 Å². The second-order valence-electron chi connectivity index (χ2n) is 8.39. The van der Waals surface area contributed by atoms with Crippen molar-refractivity contribution < 1.29 is 4.39 Å². The van der Waals surface area contributed by atoms with Crippen LogP contribution in [0.1, 0.15) is 23.2 Å². The van der Waals surface area contributed by atoms with Gasteiger partial charge in [0.25, 0.3) is 0 Å². The Morgan fingerprint density at radius 2 is 2.03 bits per heavy atom. The minimum atomic E-state index is -0.216. The van der Waals surface area contributed by atoms with Gasteiger partial charge in [-0.2, -0.15) is 15.3 Å². The summed E-state index contributed by atoms with van der Waals surface area (Å²) >= 11 is 0. The molecular formula is C22H21FN8. The van der Waals surface area contributed by atoms with Gasteiger partial charge in [-0.25, -0.2) is 9.37 Å². The Bertz CT molecular complexity index is 1180. The van der Waals surface area contributed by atoms with Crippen LogP contribution in [0.15, 0.2) is 36.7 Å². The largest absolute Gasteiger partial charge is 0.365 e. The molecule has 0 unspecified atom stereocenters. The van der Waals surface area contributed by atoms with Crippen LogP contribution < -0.4 is 14.7 Å². The van der Waals surface area contributed by atoms with Gasteiger partial charge in [-0.1, -0.05) is 6.07 Å². The molecule has 3 aliphatic heterocycles. The number of hydrogen-bond donors (Lipinski definition) is 1. The standard InChI is InChI=1S/C22H21FN8/c23-16-2-1-3-17(6-16)30-12-19-7-18(30)13-31(19)21-14(8-24)9-25-22(27-21)29-5-4-20-15(11-29)10-26-28-20/h1-3,6,9-10,18-19H,4-5,7,11-13H2,(H,26,28)/t18-,19-/m0/s1. The maximum absolute atomic E-state index is 13.7. The Morgan fingerprint density at radius 3 is 2.84 bits per heavy atom. The van der Waals surface area contributed by atoms with Gasteiger partial charge in [-0.05, 0) is 24.6 Å². The van der Waals surface area contributed by atoms with Gasteiger partial charge in [0.2, 0.25) is 5.95 Å². The molecule has 2 aromatic heterocycles. The summed E-state index contributed by atoms with van der Waals surface area (Å²) in [7, 11) is 0. The van der Waals surface area contributed by atoms with Crippen molar-refractivity contribution in [2.75, 3.05) is 34.3 Å². The number of benzene rings is 1. The van der Waals surface area contributed by atoms with Crippen molar-refractivity contribution in [3.8, 4) is 6.07 Å². The first kappa shape index (κ1) is 18.1. The van der Waals surface area contributed by atoms with Crippen LogP contribution in [0.5, 0.6) is 0 Å². The van der Waals surface area contributed by atoms with Crippen LogP contribution in [0.2, 0.25) is 0 Å². The van der Waals surface area contributed by atoms with E-state index in [0.717, 1.165) is 43.7 Å². The van der Waals surface area contributed by atoms with E-state index in [-0.39, 0.29) is 17.9 Å². The average molecular weight is 416 g/mol. The van der Waals surface area contributed by atoms with Gasteiger partial charge < -0.3 is 14.7 Å². The predicted octanol–water partition coefficient (Wildman–Crippen LogP) is 2.24. The molecule has 0 spiro atoms. The molecule has 1 aromatic carbocycles. The van der Waals surface area contributed by atoms with Crippen molar-refractivity contribution in [2.24, 2.45) is 0 Å². The molecule has 9 heteroatoms. The molecule has 2 atom stereocenters. The lowest BCUT2D eigenvalue weighted by Crippen LogP contribution is -2.47. The van der Waals surface area contributed by atoms with Crippen molar-refractivity contribution >= 4 is 17.5 Å². The van der Waals surface area contributed by atoms with Crippen molar-refractivity contribution in [1.82, 2.24) is 20.2 Å². The first-order valence-electron chi connectivity index (χ1n) is 10.5. The summed E-state index contributed by atoms with van der Waals surface area (Å²) in [5, 5.41) is 16.9. The number of aromatic nitrogens is 4. The zero-order valence-electron chi connectivity index (χ0n) is 16.9. The molecule has 0 radical (unpaired) electrons. The monoisotopic (exact) mass is 416 g/mol. The number of halogens is 1. The van der Waals surface area contributed by atoms with Crippen molar-refractivity contribution in [1.29, 1.82) is 5.26 Å². The van der Waals surface area contributed by atoms with Gasteiger partial charge in [-0.3, -0.25) is 5.10 Å². The molecule has 0 amide bonds. The Hall–Kier alpha value is -3.67. The zero-order valence-corrected chi connectivity index (χ0v) is 16.9. The Morgan fingerprint density at radius 1 is 1.16 bits per heavy atom. The summed E-state index contributed by atoms with van der Waals surface area (Å²) in [6.45, 7) is 3.06. The third kappa shape index (κ3) is 2.98. The maximum Gasteiger partial charge on any atom is 0.227 e. The molecule has 156 valence electrons. The third-order valence-corrected chi connectivity index (χ3v) is 6.61. The van der Waals surface area contributed by atoms with Gasteiger partial charge in [0, 0.05) is 55.6 Å². The molecule has 2 fully saturated rings. The fraction of sp³-hybridized carbons (Fsp3) is 0.364. The fourth-order valence-electron chi connectivity index (χ4n) is 5.10. The molecule has 3 aromatic rings. The summed E-state index contributed by atoms with van der Waals surface area (Å²) in [6, 6.07) is 9.55. The summed E-state index contributed by atoms with van der Waals surface area (Å²) < 4.78 is 13.7. The highest BCUT2D eigenvalue weighted by molar-refractivity contribution is 5.61. The van der Waals surface area contributed by atoms with Crippen LogP contribution in [-0.2, 0) is 13.0 Å². The van der Waals surface area contributed by atoms with Crippen molar-refractivity contribution in [3.05, 3.63) is 59.3 Å². The van der Waals surface area contributed by atoms with E-state index in [1.54, 1.807) is 18.3 Å². The summed E-state index contributed by atoms with van der Waals surface area (Å²) in [6.07, 6.45) is 5.33. The minimum absolute atomic E-state index is 0.216. The second-order valence-corrected chi connectivity index (χ2v) is 8.39. The number of nitrogens with zero attached hydrogens (tertiary/aromatic N) is 7. The molecule has 2 saturated heterocycles. The molecule has 3 aliphatic rings. The van der Waals surface area contributed by atoms with Gasteiger partial charge >= 0.3 is 0 Å². The van der Waals surface area contributed by atoms with Crippen molar-refractivity contribution in [3.63, 3.8) is 0 Å². The topological polar surface area (TPSA) is 88.0 Å². The van der Waals surface area contributed by atoms with E-state index in [2.05, 4.69) is 36.0 Å². The molecule has 8 nitrogen and oxygen atoms in total. The maximum atomic E-state index is 13.7. The van der Waals surface area contributed by atoms with E-state index >= 15 is 0 Å². The lowest BCUT2D eigenvalue weighted by Gasteiger charge is -2.37. The van der Waals surface area contributed by atoms with Crippen LogP contribution in [0.25, 0.3) is 0 Å². The summed E-state index contributed by atoms with van der Waals surface area (Å²) in [4.78, 5) is 16.0. The van der Waals surface area contributed by atoms with Gasteiger partial charge in [-0.15, -0.1) is 0 Å². The molecule has 1 N–H and O–H groups in total. The summed E-state index contributed by atoms with van der Waals surface area (Å²) in [5.74, 6) is 1.13. The summed E-state index contributed by atoms with van der Waals surface area (Å²) in [5.41, 5.74) is 3.74. The van der Waals surface area contributed by atoms with E-state index < -0.39 is 0 Å². The van der Waals surface area contributed by atoms with E-state index in [4.69, 9.17) is 4.98 Å². The average Bonchev–Trinajstić information content (AvgIpc) is 3.53. The molecule has 31 heavy (non-hydrogen) atoms. The Kier molecular flexibility index (Phi) is 4.06. The Labute approximate surface area is 178 Å². The predicted molar refractivity (Wildman–Crippen MR) is 113 cm³/mol. The number of aromatic amines is 1. The highest BCUT2D eigenvalue weighted by atomic mass is 19.1. The quantitative estimate of drug-likeness (QED) is 0.701. The number of nitriles is 1. The zero-order chi connectivity index (χ0) is 20.9. The number of H-pyrrole nitrogens is 1. The number of nitrogens with one attached hydrogen (secondary N) is 1. The van der Waals surface area contributed by atoms with Crippen LogP contribution >= 0.6 is 0 Å². The van der Waals surface area contributed by atoms with E-state index in [0.29, 0.717) is 23.9 Å². The first-order chi connectivity index (χ1) is 15.2. The second kappa shape index (κ2) is 6.94. The van der Waals surface area contributed by atoms with Gasteiger partial charge in [0.1, 0.15) is 17.4 Å². The third-order valence-electron chi connectivity index (χ3n) is 6.61. The number of fused-ring (bicyclic) bond motifs is 3. The van der Waals surface area contributed by atoms with Gasteiger partial charge in [0.15, 0.2) is 5.82 Å².